The number of nitrogens with two attached hydrogens (primary N) is 1. The first-order valence-electron chi connectivity index (χ1n) is 5.71. The first-order chi connectivity index (χ1) is 8.63. The predicted octanol–water partition coefficient (Wildman–Crippen LogP) is 2.49. The molecule has 4 nitrogen and oxygen atoms in total. The third kappa shape index (κ3) is 2.75. The molecule has 1 aliphatic heterocycles. The van der Waals surface area contributed by atoms with Crippen LogP contribution in [0, 0.1) is 0 Å². The quantitative estimate of drug-likeness (QED) is 0.387. The van der Waals surface area contributed by atoms with E-state index in [1.807, 2.05) is 30.0 Å². The topological polar surface area (TPSA) is 61.8 Å². The van der Waals surface area contributed by atoms with Gasteiger partial charge < -0.3 is 15.8 Å². The van der Waals surface area contributed by atoms with E-state index < -0.39 is 0 Å². The summed E-state index contributed by atoms with van der Waals surface area (Å²) in [6, 6.07) is 6.47. The van der Waals surface area contributed by atoms with Gasteiger partial charge in [-0.05, 0) is 46.3 Å². The van der Waals surface area contributed by atoms with Crippen LogP contribution >= 0.6 is 27.7 Å². The molecule has 1 fully saturated rings. The van der Waals surface area contributed by atoms with Crippen LogP contribution in [0.5, 0.6) is 0 Å². The number of benzene rings is 1. The zero-order valence-electron chi connectivity index (χ0n) is 10.1. The maximum Gasteiger partial charge on any atom is 0.171 e. The van der Waals surface area contributed by atoms with E-state index in [4.69, 9.17) is 10.9 Å². The van der Waals surface area contributed by atoms with Crippen LogP contribution in [-0.4, -0.2) is 35.6 Å². The molecule has 18 heavy (non-hydrogen) atoms. The van der Waals surface area contributed by atoms with Crippen molar-refractivity contribution in [2.75, 3.05) is 23.5 Å². The third-order valence-corrected chi connectivity index (χ3v) is 5.00. The Morgan fingerprint density at radius 2 is 2.39 bits per heavy atom. The Bertz CT molecular complexity index is 461. The fraction of sp³-hybridized carbons (Fsp3) is 0.417. The van der Waals surface area contributed by atoms with Crippen molar-refractivity contribution in [1.29, 1.82) is 0 Å². The minimum absolute atomic E-state index is 0.118. The van der Waals surface area contributed by atoms with E-state index in [9.17, 15) is 0 Å². The van der Waals surface area contributed by atoms with E-state index >= 15 is 0 Å². The van der Waals surface area contributed by atoms with Gasteiger partial charge in [-0.1, -0.05) is 5.16 Å². The van der Waals surface area contributed by atoms with Crippen molar-refractivity contribution in [2.24, 2.45) is 10.9 Å². The van der Waals surface area contributed by atoms with Gasteiger partial charge in [0.05, 0.1) is 0 Å². The molecule has 1 aromatic rings. The lowest BCUT2D eigenvalue weighted by Gasteiger charge is -2.26. The van der Waals surface area contributed by atoms with E-state index in [-0.39, 0.29) is 5.84 Å². The van der Waals surface area contributed by atoms with Crippen molar-refractivity contribution >= 4 is 39.2 Å². The number of anilines is 1. The van der Waals surface area contributed by atoms with Crippen molar-refractivity contribution in [2.45, 2.75) is 12.5 Å². The maximum atomic E-state index is 8.69. The average Bonchev–Trinajstić information content (AvgIpc) is 2.90. The highest BCUT2D eigenvalue weighted by atomic mass is 79.9. The van der Waals surface area contributed by atoms with Gasteiger partial charge in [0, 0.05) is 34.6 Å². The molecule has 0 spiro atoms. The molecule has 0 bridgehead atoms. The van der Waals surface area contributed by atoms with Gasteiger partial charge in [0.2, 0.25) is 0 Å². The number of oxime groups is 1. The van der Waals surface area contributed by atoms with Gasteiger partial charge in [0.15, 0.2) is 5.84 Å². The summed E-state index contributed by atoms with van der Waals surface area (Å²) in [7, 11) is 2.11. The Hall–Kier alpha value is -0.880. The van der Waals surface area contributed by atoms with Gasteiger partial charge >= 0.3 is 0 Å². The molecular formula is C12H16BrN3OS. The monoisotopic (exact) mass is 329 g/mol. The molecule has 0 saturated carbocycles. The highest BCUT2D eigenvalue weighted by Gasteiger charge is 2.20. The van der Waals surface area contributed by atoms with Gasteiger partial charge in [-0.3, -0.25) is 0 Å². The van der Waals surface area contributed by atoms with Crippen LogP contribution in [0.2, 0.25) is 0 Å². The molecule has 0 amide bonds. The number of nitrogens with zero attached hydrogens (tertiary/aromatic N) is 2. The SMILES string of the molecule is CN(c1ccc(/C(N)=N/O)c(Br)c1)C1CCSC1. The normalized spacial score (nSPS) is 20.1. The Balaban J connectivity index is 2.22. The number of amidine groups is 1. The van der Waals surface area contributed by atoms with Crippen molar-refractivity contribution in [3.63, 3.8) is 0 Å². The second-order valence-electron chi connectivity index (χ2n) is 4.28. The molecule has 1 saturated heterocycles. The number of rotatable bonds is 3. The van der Waals surface area contributed by atoms with Crippen LogP contribution in [0.15, 0.2) is 27.8 Å². The second-order valence-corrected chi connectivity index (χ2v) is 6.28. The van der Waals surface area contributed by atoms with Gasteiger partial charge in [-0.15, -0.1) is 0 Å². The molecule has 3 N–H and O–H groups in total. The van der Waals surface area contributed by atoms with Gasteiger partial charge in [-0.2, -0.15) is 11.8 Å². The molecule has 1 unspecified atom stereocenters. The Labute approximate surface area is 119 Å². The van der Waals surface area contributed by atoms with Crippen LogP contribution in [0.25, 0.3) is 0 Å². The molecule has 1 atom stereocenters. The number of thioether (sulfide) groups is 1. The van der Waals surface area contributed by atoms with E-state index in [2.05, 4.69) is 33.0 Å². The number of hydrogen-bond donors (Lipinski definition) is 2. The van der Waals surface area contributed by atoms with Crippen LogP contribution in [0.3, 0.4) is 0 Å². The highest BCUT2D eigenvalue weighted by molar-refractivity contribution is 9.10. The fourth-order valence-corrected chi connectivity index (χ4v) is 3.86. The largest absolute Gasteiger partial charge is 0.409 e. The molecule has 0 aromatic heterocycles. The van der Waals surface area contributed by atoms with Gasteiger partial charge in [0.25, 0.3) is 0 Å². The molecule has 0 aliphatic carbocycles. The van der Waals surface area contributed by atoms with Crippen LogP contribution in [0.1, 0.15) is 12.0 Å². The standard InChI is InChI=1S/C12H16BrN3OS/c1-16(9-4-5-18-7-9)8-2-3-10(11(13)6-8)12(14)15-17/h2-3,6,9,17H,4-5,7H2,1H3,(H2,14,15). The molecule has 1 aliphatic rings. The molecule has 0 radical (unpaired) electrons. The molecular weight excluding hydrogens is 314 g/mol. The Kier molecular flexibility index (Phi) is 4.40. The van der Waals surface area contributed by atoms with Crippen molar-refractivity contribution < 1.29 is 5.21 Å². The lowest BCUT2D eigenvalue weighted by molar-refractivity contribution is 0.318. The van der Waals surface area contributed by atoms with E-state index in [1.165, 1.54) is 17.9 Å². The summed E-state index contributed by atoms with van der Waals surface area (Å²) >= 11 is 5.46. The predicted molar refractivity (Wildman–Crippen MR) is 80.8 cm³/mol. The summed E-state index contributed by atoms with van der Waals surface area (Å²) in [5, 5.41) is 11.7. The molecule has 6 heteroatoms. The van der Waals surface area contributed by atoms with Crippen LogP contribution in [-0.2, 0) is 0 Å². The van der Waals surface area contributed by atoms with Crippen LogP contribution < -0.4 is 10.6 Å². The summed E-state index contributed by atoms with van der Waals surface area (Å²) in [5.74, 6) is 2.53. The third-order valence-electron chi connectivity index (χ3n) is 3.20. The summed E-state index contributed by atoms with van der Waals surface area (Å²) in [5.41, 5.74) is 7.44. The Morgan fingerprint density at radius 1 is 1.61 bits per heavy atom. The van der Waals surface area contributed by atoms with Gasteiger partial charge in [0.1, 0.15) is 0 Å². The summed E-state index contributed by atoms with van der Waals surface area (Å²) < 4.78 is 0.841. The number of hydrogen-bond acceptors (Lipinski definition) is 4. The lowest BCUT2D eigenvalue weighted by Crippen LogP contribution is -2.31. The van der Waals surface area contributed by atoms with Crippen molar-refractivity contribution in [3.05, 3.63) is 28.2 Å². The fourth-order valence-electron chi connectivity index (χ4n) is 2.02. The summed E-state index contributed by atoms with van der Waals surface area (Å²) in [6.07, 6.45) is 1.22. The first-order valence-corrected chi connectivity index (χ1v) is 7.66. The Morgan fingerprint density at radius 3 is 2.94 bits per heavy atom. The molecule has 1 heterocycles. The summed E-state index contributed by atoms with van der Waals surface area (Å²) in [6.45, 7) is 0. The zero-order valence-corrected chi connectivity index (χ0v) is 12.5. The molecule has 2 rings (SSSR count). The summed E-state index contributed by atoms with van der Waals surface area (Å²) in [4.78, 5) is 2.29. The molecule has 1 aromatic carbocycles. The second kappa shape index (κ2) is 5.84. The zero-order chi connectivity index (χ0) is 13.1. The van der Waals surface area contributed by atoms with E-state index in [0.717, 1.165) is 10.2 Å². The highest BCUT2D eigenvalue weighted by Crippen LogP contribution is 2.29. The first kappa shape index (κ1) is 13.5. The van der Waals surface area contributed by atoms with Crippen LogP contribution in [0.4, 0.5) is 5.69 Å². The lowest BCUT2D eigenvalue weighted by atomic mass is 10.1. The maximum absolute atomic E-state index is 8.69. The minimum Gasteiger partial charge on any atom is -0.409 e. The van der Waals surface area contributed by atoms with Gasteiger partial charge in [-0.25, -0.2) is 0 Å². The average molecular weight is 330 g/mol. The van der Waals surface area contributed by atoms with Crippen molar-refractivity contribution in [1.82, 2.24) is 0 Å². The minimum atomic E-state index is 0.118. The van der Waals surface area contributed by atoms with Crippen molar-refractivity contribution in [3.8, 4) is 0 Å². The van der Waals surface area contributed by atoms with E-state index in [0.29, 0.717) is 11.6 Å². The molecule has 98 valence electrons. The van der Waals surface area contributed by atoms with E-state index in [1.54, 1.807) is 0 Å². The number of halogens is 1. The smallest absolute Gasteiger partial charge is 0.171 e.